The number of hydrogen-bond donors (Lipinski definition) is 2. The van der Waals surface area contributed by atoms with Crippen molar-refractivity contribution in [3.05, 3.63) is 51.6 Å². The molecule has 2 N–H and O–H groups in total. The summed E-state index contributed by atoms with van der Waals surface area (Å²) in [5.41, 5.74) is 0.951. The lowest BCUT2D eigenvalue weighted by Crippen LogP contribution is -2.30. The fraction of sp³-hybridized carbons (Fsp3) is 0.389. The van der Waals surface area contributed by atoms with E-state index in [1.165, 1.54) is 23.9 Å². The lowest BCUT2D eigenvalue weighted by Gasteiger charge is -2.20. The molecular weight excluding hydrogens is 339 g/mol. The zero-order valence-corrected chi connectivity index (χ0v) is 14.9. The molecule has 5 nitrogen and oxygen atoms in total. The first-order chi connectivity index (χ1) is 12.1. The molecule has 0 atom stereocenters. The SMILES string of the molecule is CNc1nc(SCc2cccc(F)c2)n(C2CCCC2)c(=O)c1C=N. The van der Waals surface area contributed by atoms with Gasteiger partial charge in [-0.25, -0.2) is 9.37 Å². The van der Waals surface area contributed by atoms with Crippen LogP contribution in [0.3, 0.4) is 0 Å². The molecule has 2 aromatic rings. The molecule has 1 heterocycles. The second-order valence-corrected chi connectivity index (χ2v) is 7.03. The Morgan fingerprint density at radius 3 is 2.84 bits per heavy atom. The van der Waals surface area contributed by atoms with Crippen LogP contribution < -0.4 is 10.9 Å². The van der Waals surface area contributed by atoms with Gasteiger partial charge in [-0.2, -0.15) is 0 Å². The van der Waals surface area contributed by atoms with E-state index in [9.17, 15) is 9.18 Å². The quantitative estimate of drug-likeness (QED) is 0.467. The van der Waals surface area contributed by atoms with Crippen molar-refractivity contribution >= 4 is 23.8 Å². The van der Waals surface area contributed by atoms with E-state index in [-0.39, 0.29) is 23.0 Å². The van der Waals surface area contributed by atoms with Crippen LogP contribution in [0.2, 0.25) is 0 Å². The summed E-state index contributed by atoms with van der Waals surface area (Å²) in [6, 6.07) is 6.58. The zero-order valence-electron chi connectivity index (χ0n) is 14.1. The molecule has 1 aliphatic carbocycles. The average Bonchev–Trinajstić information content (AvgIpc) is 3.13. The Labute approximate surface area is 150 Å². The van der Waals surface area contributed by atoms with Crippen molar-refractivity contribution in [3.63, 3.8) is 0 Å². The Kier molecular flexibility index (Phi) is 5.53. The summed E-state index contributed by atoms with van der Waals surface area (Å²) < 4.78 is 15.1. The number of anilines is 1. The Morgan fingerprint density at radius 2 is 2.20 bits per heavy atom. The molecular formula is C18H21FN4OS. The molecule has 25 heavy (non-hydrogen) atoms. The first-order valence-corrected chi connectivity index (χ1v) is 9.34. The number of rotatable bonds is 6. The molecule has 0 spiro atoms. The predicted molar refractivity (Wildman–Crippen MR) is 99.4 cm³/mol. The van der Waals surface area contributed by atoms with Crippen LogP contribution in [-0.4, -0.2) is 22.8 Å². The van der Waals surface area contributed by atoms with E-state index in [4.69, 9.17) is 5.41 Å². The Balaban J connectivity index is 1.99. The van der Waals surface area contributed by atoms with Gasteiger partial charge in [0.05, 0.1) is 5.56 Å². The fourth-order valence-corrected chi connectivity index (χ4v) is 4.21. The minimum Gasteiger partial charge on any atom is -0.372 e. The van der Waals surface area contributed by atoms with Gasteiger partial charge in [-0.05, 0) is 30.5 Å². The van der Waals surface area contributed by atoms with E-state index in [0.717, 1.165) is 37.5 Å². The summed E-state index contributed by atoms with van der Waals surface area (Å²) in [4.78, 5) is 17.5. The van der Waals surface area contributed by atoms with Crippen LogP contribution >= 0.6 is 11.8 Å². The van der Waals surface area contributed by atoms with Crippen LogP contribution in [0.4, 0.5) is 10.2 Å². The smallest absolute Gasteiger partial charge is 0.265 e. The van der Waals surface area contributed by atoms with Crippen LogP contribution in [0.5, 0.6) is 0 Å². The normalized spacial score (nSPS) is 14.6. The minimum absolute atomic E-state index is 0.125. The highest BCUT2D eigenvalue weighted by Gasteiger charge is 2.24. The molecule has 1 saturated carbocycles. The van der Waals surface area contributed by atoms with Gasteiger partial charge >= 0.3 is 0 Å². The van der Waals surface area contributed by atoms with E-state index in [1.807, 2.05) is 6.07 Å². The van der Waals surface area contributed by atoms with Crippen molar-refractivity contribution in [3.8, 4) is 0 Å². The maximum atomic E-state index is 13.4. The number of nitrogens with zero attached hydrogens (tertiary/aromatic N) is 2. The van der Waals surface area contributed by atoms with E-state index >= 15 is 0 Å². The van der Waals surface area contributed by atoms with E-state index < -0.39 is 0 Å². The van der Waals surface area contributed by atoms with Crippen molar-refractivity contribution in [1.29, 1.82) is 5.41 Å². The zero-order chi connectivity index (χ0) is 17.8. The topological polar surface area (TPSA) is 70.8 Å². The number of benzene rings is 1. The van der Waals surface area contributed by atoms with Gasteiger partial charge in [0.1, 0.15) is 11.6 Å². The third-order valence-electron chi connectivity index (χ3n) is 4.45. The van der Waals surface area contributed by atoms with Gasteiger partial charge in [-0.1, -0.05) is 36.7 Å². The summed E-state index contributed by atoms with van der Waals surface area (Å²) in [7, 11) is 1.69. The largest absolute Gasteiger partial charge is 0.372 e. The first kappa shape index (κ1) is 17.7. The third-order valence-corrected chi connectivity index (χ3v) is 5.47. The van der Waals surface area contributed by atoms with Crippen molar-refractivity contribution in [2.75, 3.05) is 12.4 Å². The van der Waals surface area contributed by atoms with Gasteiger partial charge in [-0.15, -0.1) is 0 Å². The molecule has 0 bridgehead atoms. The maximum Gasteiger partial charge on any atom is 0.265 e. The number of halogens is 1. The van der Waals surface area contributed by atoms with Gasteiger partial charge in [0.2, 0.25) is 0 Å². The van der Waals surface area contributed by atoms with E-state index in [2.05, 4.69) is 10.3 Å². The Hall–Kier alpha value is -2.15. The molecule has 7 heteroatoms. The van der Waals surface area contributed by atoms with E-state index in [0.29, 0.717) is 16.7 Å². The Bertz CT molecular complexity index is 830. The molecule has 0 radical (unpaired) electrons. The maximum absolute atomic E-state index is 13.4. The number of nitrogens with one attached hydrogen (secondary N) is 2. The van der Waals surface area contributed by atoms with Crippen molar-refractivity contribution < 1.29 is 4.39 Å². The molecule has 1 aromatic carbocycles. The van der Waals surface area contributed by atoms with Crippen LogP contribution in [0, 0.1) is 11.2 Å². The van der Waals surface area contributed by atoms with Crippen LogP contribution in [-0.2, 0) is 5.75 Å². The summed E-state index contributed by atoms with van der Waals surface area (Å²) in [6.07, 6.45) is 5.15. The van der Waals surface area contributed by atoms with Gasteiger partial charge in [0.15, 0.2) is 5.16 Å². The van der Waals surface area contributed by atoms with Crippen molar-refractivity contribution in [2.24, 2.45) is 0 Å². The number of hydrogen-bond acceptors (Lipinski definition) is 5. The second kappa shape index (κ2) is 7.82. The van der Waals surface area contributed by atoms with Gasteiger partial charge in [-0.3, -0.25) is 9.36 Å². The van der Waals surface area contributed by atoms with E-state index in [1.54, 1.807) is 17.7 Å². The minimum atomic E-state index is -0.269. The number of thioether (sulfide) groups is 1. The molecule has 0 aliphatic heterocycles. The molecule has 1 fully saturated rings. The molecule has 1 aromatic heterocycles. The molecule has 132 valence electrons. The summed E-state index contributed by atoms with van der Waals surface area (Å²) in [6.45, 7) is 0. The molecule has 1 aliphatic rings. The monoisotopic (exact) mass is 360 g/mol. The van der Waals surface area contributed by atoms with Crippen LogP contribution in [0.25, 0.3) is 0 Å². The summed E-state index contributed by atoms with van der Waals surface area (Å²) in [5, 5.41) is 11.1. The van der Waals surface area contributed by atoms with Gasteiger partial charge in [0.25, 0.3) is 5.56 Å². The summed E-state index contributed by atoms with van der Waals surface area (Å²) >= 11 is 1.43. The van der Waals surface area contributed by atoms with Gasteiger partial charge < -0.3 is 10.7 Å². The average molecular weight is 360 g/mol. The van der Waals surface area contributed by atoms with Crippen LogP contribution in [0.1, 0.15) is 42.9 Å². The van der Waals surface area contributed by atoms with Crippen molar-refractivity contribution in [2.45, 2.75) is 42.6 Å². The third kappa shape index (κ3) is 3.76. The highest BCUT2D eigenvalue weighted by atomic mass is 32.2. The first-order valence-electron chi connectivity index (χ1n) is 8.36. The lowest BCUT2D eigenvalue weighted by molar-refractivity contribution is 0.453. The highest BCUT2D eigenvalue weighted by Crippen LogP contribution is 2.33. The molecule has 3 rings (SSSR count). The highest BCUT2D eigenvalue weighted by molar-refractivity contribution is 7.98. The summed E-state index contributed by atoms with van der Waals surface area (Å²) in [5.74, 6) is 0.676. The molecule has 0 amide bonds. The molecule has 0 saturated heterocycles. The number of aromatic nitrogens is 2. The Morgan fingerprint density at radius 1 is 1.44 bits per heavy atom. The second-order valence-electron chi connectivity index (χ2n) is 6.08. The van der Waals surface area contributed by atoms with Crippen molar-refractivity contribution in [1.82, 2.24) is 9.55 Å². The lowest BCUT2D eigenvalue weighted by atomic mass is 10.2. The fourth-order valence-electron chi connectivity index (χ4n) is 3.21. The van der Waals surface area contributed by atoms with Gasteiger partial charge in [0, 0.05) is 25.1 Å². The standard InChI is InChI=1S/C18H21FN4OS/c1-21-16-15(10-20)17(24)23(14-7-2-3-8-14)18(22-16)25-11-12-5-4-6-13(19)9-12/h4-6,9-10,14,20-21H,2-3,7-8,11H2,1H3. The molecule has 0 unspecified atom stereocenters. The van der Waals surface area contributed by atoms with Crippen LogP contribution in [0.15, 0.2) is 34.2 Å². The predicted octanol–water partition coefficient (Wildman–Crippen LogP) is 3.83.